The molecule has 12 nitrogen and oxygen atoms in total. The maximum atomic E-state index is 13.9. The molecule has 2 heterocycles. The van der Waals surface area contributed by atoms with Gasteiger partial charge in [0.1, 0.15) is 24.9 Å². The van der Waals surface area contributed by atoms with E-state index in [1.165, 1.54) is 4.90 Å². The SMILES string of the molecule is NC(N)=NCCC[C@H](NC(=O)[C@@H]1CCCN1C(=O)C1(NC(=O)OCc2ccccc2)CCOCC1)C(=O)CF. The molecule has 3 rings (SSSR count). The first-order valence-corrected chi connectivity index (χ1v) is 13.1. The molecule has 1 aromatic rings. The summed E-state index contributed by atoms with van der Waals surface area (Å²) >= 11 is 0. The summed E-state index contributed by atoms with van der Waals surface area (Å²) < 4.78 is 24.0. The van der Waals surface area contributed by atoms with Crippen LogP contribution >= 0.6 is 0 Å². The van der Waals surface area contributed by atoms with E-state index in [2.05, 4.69) is 15.6 Å². The summed E-state index contributed by atoms with van der Waals surface area (Å²) in [5, 5.41) is 5.36. The number of hydrogen-bond acceptors (Lipinski definition) is 7. The van der Waals surface area contributed by atoms with Gasteiger partial charge in [0.25, 0.3) is 0 Å². The highest BCUT2D eigenvalue weighted by atomic mass is 19.1. The molecule has 6 N–H and O–H groups in total. The Morgan fingerprint density at radius 3 is 2.56 bits per heavy atom. The van der Waals surface area contributed by atoms with Crippen molar-refractivity contribution in [3.05, 3.63) is 35.9 Å². The monoisotopic (exact) mass is 548 g/mol. The first-order chi connectivity index (χ1) is 18.8. The van der Waals surface area contributed by atoms with E-state index < -0.39 is 48.0 Å². The quantitative estimate of drug-likeness (QED) is 0.166. The van der Waals surface area contributed by atoms with Crippen LogP contribution in [0, 0.1) is 0 Å². The fourth-order valence-corrected chi connectivity index (χ4v) is 4.80. The number of nitrogens with one attached hydrogen (secondary N) is 2. The summed E-state index contributed by atoms with van der Waals surface area (Å²) in [6.07, 6.45) is 1.09. The number of amides is 3. The molecule has 2 saturated heterocycles. The van der Waals surface area contributed by atoms with Gasteiger partial charge < -0.3 is 36.5 Å². The number of halogens is 1. The number of alkyl carbamates (subject to hydrolysis) is 1. The minimum absolute atomic E-state index is 0.0371. The maximum Gasteiger partial charge on any atom is 0.408 e. The normalized spacial score (nSPS) is 19.0. The summed E-state index contributed by atoms with van der Waals surface area (Å²) in [6.45, 7) is -0.184. The van der Waals surface area contributed by atoms with Crippen LogP contribution in [0.2, 0.25) is 0 Å². The largest absolute Gasteiger partial charge is 0.445 e. The van der Waals surface area contributed by atoms with Gasteiger partial charge in [-0.05, 0) is 31.2 Å². The Morgan fingerprint density at radius 2 is 1.90 bits per heavy atom. The molecule has 39 heavy (non-hydrogen) atoms. The predicted octanol–water partition coefficient (Wildman–Crippen LogP) is 0.530. The smallest absolute Gasteiger partial charge is 0.408 e. The van der Waals surface area contributed by atoms with E-state index >= 15 is 0 Å². The summed E-state index contributed by atoms with van der Waals surface area (Å²) in [5.41, 5.74) is 10.1. The average Bonchev–Trinajstić information content (AvgIpc) is 3.43. The predicted molar refractivity (Wildman–Crippen MR) is 140 cm³/mol. The van der Waals surface area contributed by atoms with Crippen LogP contribution < -0.4 is 22.1 Å². The van der Waals surface area contributed by atoms with E-state index in [1.807, 2.05) is 30.3 Å². The molecule has 0 bridgehead atoms. The summed E-state index contributed by atoms with van der Waals surface area (Å²) in [4.78, 5) is 57.2. The number of ketones is 1. The molecule has 3 amide bonds. The standard InChI is InChI=1S/C26H37FN6O6/c27-16-21(34)19(8-4-12-30-24(28)29)31-22(35)20-9-5-13-33(20)23(36)26(10-14-38-15-11-26)32-25(37)39-17-18-6-2-1-3-7-18/h1-3,6-7,19-20H,4-5,8-17H2,(H,31,35)(H,32,37)(H4,28,29,30)/t19-,20-/m0/s1. The van der Waals surface area contributed by atoms with Crippen LogP contribution in [-0.4, -0.2) is 85.2 Å². The van der Waals surface area contributed by atoms with Gasteiger partial charge in [-0.1, -0.05) is 30.3 Å². The highest BCUT2D eigenvalue weighted by Crippen LogP contribution is 2.29. The number of Topliss-reactive ketones (excluding diaryl/α,β-unsaturated/α-hetero) is 1. The van der Waals surface area contributed by atoms with Crippen LogP contribution in [0.3, 0.4) is 0 Å². The number of ether oxygens (including phenoxy) is 2. The van der Waals surface area contributed by atoms with Crippen LogP contribution in [0.5, 0.6) is 0 Å². The molecule has 2 aliphatic heterocycles. The number of guanidine groups is 1. The Kier molecular flexibility index (Phi) is 11.0. The number of aliphatic imine (C=N–C) groups is 1. The number of likely N-dealkylation sites (tertiary alicyclic amines) is 1. The Morgan fingerprint density at radius 1 is 1.18 bits per heavy atom. The molecule has 0 radical (unpaired) electrons. The first-order valence-electron chi connectivity index (χ1n) is 13.1. The number of hydrogen-bond donors (Lipinski definition) is 4. The summed E-state index contributed by atoms with van der Waals surface area (Å²) in [7, 11) is 0. The van der Waals surface area contributed by atoms with E-state index in [0.717, 1.165) is 5.56 Å². The second-order valence-corrected chi connectivity index (χ2v) is 9.65. The van der Waals surface area contributed by atoms with E-state index in [9.17, 15) is 23.6 Å². The molecule has 1 aromatic carbocycles. The van der Waals surface area contributed by atoms with E-state index in [-0.39, 0.29) is 51.6 Å². The third kappa shape index (κ3) is 8.37. The van der Waals surface area contributed by atoms with E-state index in [1.54, 1.807) is 0 Å². The molecular formula is C26H37FN6O6. The van der Waals surface area contributed by atoms with Gasteiger partial charge in [-0.15, -0.1) is 0 Å². The van der Waals surface area contributed by atoms with Gasteiger partial charge in [-0.2, -0.15) is 0 Å². The van der Waals surface area contributed by atoms with Gasteiger partial charge >= 0.3 is 6.09 Å². The molecule has 13 heteroatoms. The van der Waals surface area contributed by atoms with Gasteiger partial charge in [0, 0.05) is 39.1 Å². The second-order valence-electron chi connectivity index (χ2n) is 9.65. The van der Waals surface area contributed by atoms with Crippen molar-refractivity contribution in [2.24, 2.45) is 16.5 Å². The Balaban J connectivity index is 1.67. The van der Waals surface area contributed by atoms with Gasteiger partial charge in [0.05, 0.1) is 6.04 Å². The van der Waals surface area contributed by atoms with E-state index in [4.69, 9.17) is 20.9 Å². The van der Waals surface area contributed by atoms with Gasteiger partial charge in [0.15, 0.2) is 11.7 Å². The summed E-state index contributed by atoms with van der Waals surface area (Å²) in [5.74, 6) is -1.84. The zero-order valence-corrected chi connectivity index (χ0v) is 21.9. The molecule has 214 valence electrons. The second kappa shape index (κ2) is 14.4. The highest BCUT2D eigenvalue weighted by Gasteiger charge is 2.48. The number of carbonyl (C=O) groups is 4. The van der Waals surface area contributed by atoms with Crippen molar-refractivity contribution in [1.29, 1.82) is 0 Å². The fraction of sp³-hybridized carbons (Fsp3) is 0.577. The Hall–Kier alpha value is -3.74. The minimum Gasteiger partial charge on any atom is -0.445 e. The molecule has 0 saturated carbocycles. The average molecular weight is 549 g/mol. The topological polar surface area (TPSA) is 178 Å². The van der Waals surface area contributed by atoms with Crippen molar-refractivity contribution in [3.63, 3.8) is 0 Å². The Labute approximate surface area is 226 Å². The molecule has 0 aliphatic carbocycles. The lowest BCUT2D eigenvalue weighted by Gasteiger charge is -2.40. The lowest BCUT2D eigenvalue weighted by Crippen LogP contribution is -2.64. The third-order valence-electron chi connectivity index (χ3n) is 6.91. The molecular weight excluding hydrogens is 511 g/mol. The van der Waals surface area contributed by atoms with E-state index in [0.29, 0.717) is 25.8 Å². The fourth-order valence-electron chi connectivity index (χ4n) is 4.80. The zero-order valence-electron chi connectivity index (χ0n) is 21.9. The Bertz CT molecular complexity index is 1030. The molecule has 0 spiro atoms. The van der Waals surface area contributed by atoms with Crippen LogP contribution in [0.4, 0.5) is 9.18 Å². The van der Waals surface area contributed by atoms with Crippen molar-refractivity contribution < 1.29 is 33.0 Å². The number of nitrogens with zero attached hydrogens (tertiary/aromatic N) is 2. The van der Waals surface area contributed by atoms with Crippen molar-refractivity contribution in [1.82, 2.24) is 15.5 Å². The molecule has 2 aliphatic rings. The lowest BCUT2D eigenvalue weighted by atomic mass is 9.88. The maximum absolute atomic E-state index is 13.9. The van der Waals surface area contributed by atoms with Crippen LogP contribution in [0.25, 0.3) is 0 Å². The lowest BCUT2D eigenvalue weighted by molar-refractivity contribution is -0.147. The van der Waals surface area contributed by atoms with Gasteiger partial charge in [0.2, 0.25) is 11.8 Å². The first kappa shape index (κ1) is 29.8. The minimum atomic E-state index is -1.30. The molecule has 0 unspecified atom stereocenters. The van der Waals surface area contributed by atoms with Crippen molar-refractivity contribution in [2.45, 2.75) is 62.8 Å². The summed E-state index contributed by atoms with van der Waals surface area (Å²) in [6, 6.07) is 7.20. The van der Waals surface area contributed by atoms with Gasteiger partial charge in [-0.3, -0.25) is 19.4 Å². The number of alkyl halides is 1. The number of benzene rings is 1. The van der Waals surface area contributed by atoms with Crippen molar-refractivity contribution in [2.75, 3.05) is 33.0 Å². The van der Waals surface area contributed by atoms with Crippen molar-refractivity contribution >= 4 is 29.7 Å². The van der Waals surface area contributed by atoms with Crippen LogP contribution in [-0.2, 0) is 30.5 Å². The van der Waals surface area contributed by atoms with Gasteiger partial charge in [-0.25, -0.2) is 9.18 Å². The third-order valence-corrected chi connectivity index (χ3v) is 6.91. The number of rotatable bonds is 12. The molecule has 2 fully saturated rings. The molecule has 0 aromatic heterocycles. The van der Waals surface area contributed by atoms with Crippen LogP contribution in [0.15, 0.2) is 35.3 Å². The van der Waals surface area contributed by atoms with Crippen molar-refractivity contribution in [3.8, 4) is 0 Å². The van der Waals surface area contributed by atoms with Crippen LogP contribution in [0.1, 0.15) is 44.1 Å². The number of nitrogens with two attached hydrogens (primary N) is 2. The molecule has 2 atom stereocenters. The number of carbonyl (C=O) groups excluding carboxylic acids is 4. The highest BCUT2D eigenvalue weighted by molar-refractivity contribution is 5.96. The zero-order chi connectivity index (χ0) is 28.3.